The molecule has 20 heavy (non-hydrogen) atoms. The second-order valence-electron chi connectivity index (χ2n) is 5.46. The van der Waals surface area contributed by atoms with Crippen molar-refractivity contribution in [3.05, 3.63) is 21.9 Å². The molecule has 0 aliphatic rings. The van der Waals surface area contributed by atoms with Gasteiger partial charge in [0.15, 0.2) is 0 Å². The molecule has 1 unspecified atom stereocenters. The van der Waals surface area contributed by atoms with Gasteiger partial charge in [0.25, 0.3) is 0 Å². The molecule has 0 aliphatic heterocycles. The van der Waals surface area contributed by atoms with E-state index < -0.39 is 0 Å². The molecule has 0 aliphatic carbocycles. The maximum absolute atomic E-state index is 3.77. The molecule has 3 heteroatoms. The van der Waals surface area contributed by atoms with Crippen LogP contribution < -0.4 is 5.32 Å². The standard InChI is InChI=1S/C17H32N2S/c1-7-17(8-2,19(10-4)11-5)16(18-9-3)15-12-14(6)20-13-15/h12-13,16,18H,7-11H2,1-6H3. The first-order chi connectivity index (χ1) is 9.59. The molecule has 1 N–H and O–H groups in total. The first kappa shape index (κ1) is 17.7. The Morgan fingerprint density at radius 3 is 2.10 bits per heavy atom. The Kier molecular flexibility index (Phi) is 7.21. The summed E-state index contributed by atoms with van der Waals surface area (Å²) in [6.45, 7) is 16.9. The summed E-state index contributed by atoms with van der Waals surface area (Å²) in [6, 6.07) is 2.79. The molecular formula is C17H32N2S. The predicted octanol–water partition coefficient (Wildman–Crippen LogP) is 4.61. The van der Waals surface area contributed by atoms with Crippen LogP contribution >= 0.6 is 11.3 Å². The van der Waals surface area contributed by atoms with Crippen molar-refractivity contribution in [2.24, 2.45) is 0 Å². The van der Waals surface area contributed by atoms with Crippen molar-refractivity contribution in [3.8, 4) is 0 Å². The number of aryl methyl sites for hydroxylation is 1. The van der Waals surface area contributed by atoms with Crippen molar-refractivity contribution in [1.29, 1.82) is 0 Å². The molecule has 1 rings (SSSR count). The summed E-state index contributed by atoms with van der Waals surface area (Å²) < 4.78 is 0. The highest BCUT2D eigenvalue weighted by Gasteiger charge is 2.40. The van der Waals surface area contributed by atoms with Crippen LogP contribution in [-0.4, -0.2) is 30.1 Å². The maximum Gasteiger partial charge on any atom is 0.0515 e. The molecule has 1 atom stereocenters. The molecule has 0 fully saturated rings. The molecule has 0 amide bonds. The number of hydrogen-bond acceptors (Lipinski definition) is 3. The molecule has 1 aromatic heterocycles. The van der Waals surface area contributed by atoms with Crippen molar-refractivity contribution in [2.45, 2.75) is 66.0 Å². The molecule has 0 aromatic carbocycles. The molecule has 1 heterocycles. The summed E-state index contributed by atoms with van der Waals surface area (Å²) in [5.74, 6) is 0. The molecule has 1 aromatic rings. The fourth-order valence-electron chi connectivity index (χ4n) is 3.58. The van der Waals surface area contributed by atoms with Gasteiger partial charge in [-0.3, -0.25) is 4.90 Å². The summed E-state index contributed by atoms with van der Waals surface area (Å²) in [7, 11) is 0. The monoisotopic (exact) mass is 296 g/mol. The van der Waals surface area contributed by atoms with E-state index in [0.717, 1.165) is 19.6 Å². The molecule has 0 radical (unpaired) electrons. The van der Waals surface area contributed by atoms with Gasteiger partial charge in [0.2, 0.25) is 0 Å². The maximum atomic E-state index is 3.77. The van der Waals surface area contributed by atoms with Crippen molar-refractivity contribution in [1.82, 2.24) is 10.2 Å². The van der Waals surface area contributed by atoms with Gasteiger partial charge < -0.3 is 5.32 Å². The van der Waals surface area contributed by atoms with E-state index in [-0.39, 0.29) is 5.54 Å². The Labute approximate surface area is 129 Å². The highest BCUT2D eigenvalue weighted by Crippen LogP contribution is 2.38. The minimum Gasteiger partial charge on any atom is -0.309 e. The van der Waals surface area contributed by atoms with Crippen LogP contribution in [0.2, 0.25) is 0 Å². The first-order valence-electron chi connectivity index (χ1n) is 8.12. The zero-order valence-electron chi connectivity index (χ0n) is 14.1. The van der Waals surface area contributed by atoms with Gasteiger partial charge in [-0.1, -0.05) is 34.6 Å². The molecule has 0 spiro atoms. The van der Waals surface area contributed by atoms with Crippen LogP contribution in [0.5, 0.6) is 0 Å². The van der Waals surface area contributed by atoms with Gasteiger partial charge >= 0.3 is 0 Å². The SMILES string of the molecule is CCNC(c1csc(C)c1)C(CC)(CC)N(CC)CC. The fourth-order valence-corrected chi connectivity index (χ4v) is 4.31. The lowest BCUT2D eigenvalue weighted by molar-refractivity contribution is 0.0494. The summed E-state index contributed by atoms with van der Waals surface area (Å²) >= 11 is 1.86. The summed E-state index contributed by atoms with van der Waals surface area (Å²) in [4.78, 5) is 4.05. The van der Waals surface area contributed by atoms with Crippen LogP contribution in [0.25, 0.3) is 0 Å². The van der Waals surface area contributed by atoms with Gasteiger partial charge in [-0.15, -0.1) is 11.3 Å². The lowest BCUT2D eigenvalue weighted by Crippen LogP contribution is -2.56. The third-order valence-electron chi connectivity index (χ3n) is 4.65. The molecule has 0 bridgehead atoms. The minimum absolute atomic E-state index is 0.215. The third kappa shape index (κ3) is 3.44. The Hall–Kier alpha value is -0.380. The molecule has 0 saturated carbocycles. The highest BCUT2D eigenvalue weighted by atomic mass is 32.1. The van der Waals surface area contributed by atoms with Gasteiger partial charge in [-0.05, 0) is 56.4 Å². The lowest BCUT2D eigenvalue weighted by atomic mass is 9.79. The van der Waals surface area contributed by atoms with Crippen LogP contribution in [-0.2, 0) is 0 Å². The van der Waals surface area contributed by atoms with Crippen molar-refractivity contribution in [2.75, 3.05) is 19.6 Å². The van der Waals surface area contributed by atoms with Crippen LogP contribution in [0.3, 0.4) is 0 Å². The molecule has 0 saturated heterocycles. The Morgan fingerprint density at radius 2 is 1.75 bits per heavy atom. The normalized spacial score (nSPS) is 13.9. The summed E-state index contributed by atoms with van der Waals surface area (Å²) in [5, 5.41) is 6.11. The van der Waals surface area contributed by atoms with E-state index in [9.17, 15) is 0 Å². The second kappa shape index (κ2) is 8.16. The number of nitrogens with zero attached hydrogens (tertiary/aromatic N) is 1. The smallest absolute Gasteiger partial charge is 0.0515 e. The van der Waals surface area contributed by atoms with E-state index in [0.29, 0.717) is 6.04 Å². The van der Waals surface area contributed by atoms with Gasteiger partial charge in [-0.25, -0.2) is 0 Å². The zero-order chi connectivity index (χ0) is 15.2. The van der Waals surface area contributed by atoms with Crippen LogP contribution in [0, 0.1) is 6.92 Å². The van der Waals surface area contributed by atoms with E-state index in [1.807, 2.05) is 11.3 Å². The van der Waals surface area contributed by atoms with Crippen molar-refractivity contribution < 1.29 is 0 Å². The van der Waals surface area contributed by atoms with Crippen molar-refractivity contribution >= 4 is 11.3 Å². The average Bonchev–Trinajstić information content (AvgIpc) is 2.89. The van der Waals surface area contributed by atoms with Gasteiger partial charge in [0.1, 0.15) is 0 Å². The van der Waals surface area contributed by atoms with Crippen molar-refractivity contribution in [3.63, 3.8) is 0 Å². The number of likely N-dealkylation sites (N-methyl/N-ethyl adjacent to an activating group) is 2. The number of rotatable bonds is 9. The largest absolute Gasteiger partial charge is 0.309 e. The minimum atomic E-state index is 0.215. The van der Waals surface area contributed by atoms with Gasteiger partial charge in [0.05, 0.1) is 6.04 Å². The number of nitrogens with one attached hydrogen (secondary N) is 1. The van der Waals surface area contributed by atoms with E-state index in [1.54, 1.807) is 0 Å². The van der Waals surface area contributed by atoms with Gasteiger partial charge in [-0.2, -0.15) is 0 Å². The van der Waals surface area contributed by atoms with E-state index in [2.05, 4.69) is 63.2 Å². The van der Waals surface area contributed by atoms with Gasteiger partial charge in [0, 0.05) is 10.4 Å². The molecule has 2 nitrogen and oxygen atoms in total. The van der Waals surface area contributed by atoms with Crippen LogP contribution in [0.4, 0.5) is 0 Å². The van der Waals surface area contributed by atoms with Crippen LogP contribution in [0.15, 0.2) is 11.4 Å². The Morgan fingerprint density at radius 1 is 1.15 bits per heavy atom. The first-order valence-corrected chi connectivity index (χ1v) is 9.00. The van der Waals surface area contributed by atoms with E-state index in [4.69, 9.17) is 0 Å². The van der Waals surface area contributed by atoms with E-state index >= 15 is 0 Å². The van der Waals surface area contributed by atoms with E-state index in [1.165, 1.54) is 23.3 Å². The molecule has 116 valence electrons. The second-order valence-corrected chi connectivity index (χ2v) is 6.58. The quantitative estimate of drug-likeness (QED) is 0.716. The highest BCUT2D eigenvalue weighted by molar-refractivity contribution is 7.10. The number of thiophene rings is 1. The zero-order valence-corrected chi connectivity index (χ0v) is 14.9. The topological polar surface area (TPSA) is 15.3 Å². The Bertz CT molecular complexity index is 378. The third-order valence-corrected chi connectivity index (χ3v) is 5.53. The lowest BCUT2D eigenvalue weighted by Gasteiger charge is -2.48. The predicted molar refractivity (Wildman–Crippen MR) is 91.7 cm³/mol. The summed E-state index contributed by atoms with van der Waals surface area (Å²) in [5.41, 5.74) is 1.68. The fraction of sp³-hybridized carbons (Fsp3) is 0.765. The molecular weight excluding hydrogens is 264 g/mol. The van der Waals surface area contributed by atoms with Crippen LogP contribution in [0.1, 0.15) is 63.9 Å². The number of hydrogen-bond donors (Lipinski definition) is 1. The average molecular weight is 297 g/mol. The summed E-state index contributed by atoms with van der Waals surface area (Å²) in [6.07, 6.45) is 2.36. The Balaban J connectivity index is 3.23.